The second-order valence-electron chi connectivity index (χ2n) is 6.02. The Morgan fingerprint density at radius 3 is 2.18 bits per heavy atom. The third kappa shape index (κ3) is 6.07. The molecule has 1 atom stereocenters. The number of carboxylic acids is 1. The molecule has 0 aliphatic carbocycles. The molecular weight excluding hydrogens is 377 g/mol. The van der Waals surface area contributed by atoms with Crippen LogP contribution in [-0.2, 0) is 34.0 Å². The van der Waals surface area contributed by atoms with Gasteiger partial charge >= 0.3 is 12.1 Å². The smallest absolute Gasteiger partial charge is 0.475 e. The van der Waals surface area contributed by atoms with E-state index < -0.39 is 18.2 Å². The first-order valence-electron chi connectivity index (χ1n) is 8.29. The lowest BCUT2D eigenvalue weighted by molar-refractivity contribution is -0.202. The minimum atomic E-state index is -5.08. The van der Waals surface area contributed by atoms with E-state index in [-0.39, 0.29) is 5.91 Å². The average Bonchev–Trinajstić information content (AvgIpc) is 2.67. The van der Waals surface area contributed by atoms with Gasteiger partial charge in [-0.15, -0.1) is 0 Å². The van der Waals surface area contributed by atoms with Gasteiger partial charge in [0, 0.05) is 0 Å². The number of nitrogens with zero attached hydrogens (tertiary/aromatic N) is 1. The number of carboxylic acid groups (broad SMARTS) is 1. The van der Waals surface area contributed by atoms with E-state index in [1.807, 2.05) is 54.6 Å². The summed E-state index contributed by atoms with van der Waals surface area (Å²) in [5.74, 6) is -2.93. The van der Waals surface area contributed by atoms with Gasteiger partial charge in [0.15, 0.2) is 0 Å². The summed E-state index contributed by atoms with van der Waals surface area (Å²) in [5, 5.41) is 8.51. The van der Waals surface area contributed by atoms with Crippen LogP contribution in [0.15, 0.2) is 54.6 Å². The Balaban J connectivity index is 0.000000345. The van der Waals surface area contributed by atoms with E-state index in [1.54, 1.807) is 0 Å². The number of fused-ring (bicyclic) bond motifs is 1. The van der Waals surface area contributed by atoms with Gasteiger partial charge in [0.1, 0.15) is 6.61 Å². The predicted molar refractivity (Wildman–Crippen MR) is 93.6 cm³/mol. The van der Waals surface area contributed by atoms with Gasteiger partial charge in [0.2, 0.25) is 0 Å². The molecule has 1 heterocycles. The number of halogens is 3. The molecule has 0 bridgehead atoms. The van der Waals surface area contributed by atoms with Crippen molar-refractivity contribution < 1.29 is 32.7 Å². The molecule has 2 aromatic carbocycles. The number of alkyl halides is 3. The van der Waals surface area contributed by atoms with Crippen LogP contribution in [0.5, 0.6) is 0 Å². The Hall–Kier alpha value is -2.91. The van der Waals surface area contributed by atoms with Gasteiger partial charge in [-0.2, -0.15) is 13.2 Å². The van der Waals surface area contributed by atoms with Gasteiger partial charge in [-0.1, -0.05) is 54.6 Å². The Morgan fingerprint density at radius 2 is 1.61 bits per heavy atom. The zero-order valence-corrected chi connectivity index (χ0v) is 14.7. The minimum Gasteiger partial charge on any atom is -0.475 e. The highest BCUT2D eigenvalue weighted by Crippen LogP contribution is 2.20. The first kappa shape index (κ1) is 21.4. The van der Waals surface area contributed by atoms with Crippen molar-refractivity contribution in [3.8, 4) is 0 Å². The molecule has 150 valence electrons. The average molecular weight is 396 g/mol. The van der Waals surface area contributed by atoms with Crippen molar-refractivity contribution in [2.24, 2.45) is 5.73 Å². The van der Waals surface area contributed by atoms with Crippen molar-refractivity contribution >= 4 is 11.9 Å². The molecule has 0 radical (unpaired) electrons. The number of carbonyl (C=O) groups excluding carboxylic acids is 1. The first-order valence-corrected chi connectivity index (χ1v) is 8.29. The van der Waals surface area contributed by atoms with Crippen molar-refractivity contribution in [2.75, 3.05) is 0 Å². The zero-order chi connectivity index (χ0) is 20.7. The molecule has 9 heteroatoms. The van der Waals surface area contributed by atoms with E-state index in [4.69, 9.17) is 20.5 Å². The Labute approximate surface area is 159 Å². The summed E-state index contributed by atoms with van der Waals surface area (Å²) in [7, 11) is 0. The number of carbonyl (C=O) groups is 2. The fourth-order valence-corrected chi connectivity index (χ4v) is 2.48. The number of aliphatic carboxylic acids is 1. The number of hydrogen-bond acceptors (Lipinski definition) is 4. The van der Waals surface area contributed by atoms with Crippen LogP contribution in [0.3, 0.4) is 0 Å². The van der Waals surface area contributed by atoms with Crippen molar-refractivity contribution in [1.82, 2.24) is 5.06 Å². The molecule has 28 heavy (non-hydrogen) atoms. The van der Waals surface area contributed by atoms with E-state index in [0.717, 1.165) is 16.7 Å². The van der Waals surface area contributed by atoms with Gasteiger partial charge in [-0.3, -0.25) is 9.63 Å². The molecule has 0 saturated heterocycles. The second kappa shape index (κ2) is 9.34. The summed E-state index contributed by atoms with van der Waals surface area (Å²) in [6.45, 7) is 0.872. The van der Waals surface area contributed by atoms with Crippen LogP contribution >= 0.6 is 0 Å². The van der Waals surface area contributed by atoms with E-state index in [1.165, 1.54) is 5.06 Å². The van der Waals surface area contributed by atoms with Gasteiger partial charge in [-0.05, 0) is 23.1 Å². The molecule has 1 aliphatic heterocycles. The highest BCUT2D eigenvalue weighted by atomic mass is 19.4. The fourth-order valence-electron chi connectivity index (χ4n) is 2.48. The normalized spacial score (nSPS) is 14.4. The van der Waals surface area contributed by atoms with E-state index in [0.29, 0.717) is 19.6 Å². The van der Waals surface area contributed by atoms with Crippen molar-refractivity contribution in [2.45, 2.75) is 31.8 Å². The topological polar surface area (TPSA) is 92.9 Å². The van der Waals surface area contributed by atoms with Crippen LogP contribution in [0.4, 0.5) is 13.2 Å². The lowest BCUT2D eigenvalue weighted by Gasteiger charge is -2.29. The van der Waals surface area contributed by atoms with E-state index >= 15 is 0 Å². The van der Waals surface area contributed by atoms with Gasteiger partial charge in [-0.25, -0.2) is 9.86 Å². The molecule has 0 fully saturated rings. The van der Waals surface area contributed by atoms with E-state index in [9.17, 15) is 18.0 Å². The SMILES string of the molecule is N[C@@H](Cc1ccccc1)C(=O)N1Cc2ccccc2CO1.O=C(O)C(F)(F)F. The molecule has 3 rings (SSSR count). The van der Waals surface area contributed by atoms with Crippen LogP contribution in [0.1, 0.15) is 16.7 Å². The summed E-state index contributed by atoms with van der Waals surface area (Å²) in [5.41, 5.74) is 9.32. The van der Waals surface area contributed by atoms with Crippen LogP contribution in [-0.4, -0.2) is 34.3 Å². The number of rotatable bonds is 3. The molecule has 0 spiro atoms. The molecule has 3 N–H and O–H groups in total. The zero-order valence-electron chi connectivity index (χ0n) is 14.7. The van der Waals surface area contributed by atoms with Crippen LogP contribution in [0, 0.1) is 0 Å². The highest BCUT2D eigenvalue weighted by molar-refractivity contribution is 5.81. The monoisotopic (exact) mass is 396 g/mol. The standard InChI is InChI=1S/C17H18N2O2.C2HF3O2/c18-16(10-13-6-2-1-3-7-13)17(20)19-11-14-8-4-5-9-15(14)12-21-19;3-2(4,5)1(6)7/h1-9,16H,10-12,18H2;(H,6,7)/t16-;/m0./s1. The summed E-state index contributed by atoms with van der Waals surface area (Å²) in [4.78, 5) is 26.8. The Bertz CT molecular complexity index is 812. The lowest BCUT2D eigenvalue weighted by atomic mass is 10.0. The lowest BCUT2D eigenvalue weighted by Crippen LogP contribution is -2.45. The maximum Gasteiger partial charge on any atom is 0.490 e. The van der Waals surface area contributed by atoms with Gasteiger partial charge in [0.05, 0.1) is 12.6 Å². The Morgan fingerprint density at radius 1 is 1.07 bits per heavy atom. The molecule has 0 aromatic heterocycles. The molecule has 6 nitrogen and oxygen atoms in total. The Kier molecular flexibility index (Phi) is 7.13. The molecule has 1 aliphatic rings. The summed E-state index contributed by atoms with van der Waals surface area (Å²) >= 11 is 0. The number of hydrogen-bond donors (Lipinski definition) is 2. The summed E-state index contributed by atoms with van der Waals surface area (Å²) in [6, 6.07) is 17.2. The summed E-state index contributed by atoms with van der Waals surface area (Å²) < 4.78 is 31.7. The van der Waals surface area contributed by atoms with Crippen LogP contribution in [0.25, 0.3) is 0 Å². The predicted octanol–water partition coefficient (Wildman–Crippen LogP) is 2.66. The van der Waals surface area contributed by atoms with Crippen molar-refractivity contribution in [3.05, 3.63) is 71.3 Å². The fraction of sp³-hybridized carbons (Fsp3) is 0.263. The first-order chi connectivity index (χ1) is 13.2. The number of benzene rings is 2. The highest BCUT2D eigenvalue weighted by Gasteiger charge is 2.38. The maximum absolute atomic E-state index is 12.4. The second-order valence-corrected chi connectivity index (χ2v) is 6.02. The molecule has 2 aromatic rings. The number of nitrogens with two attached hydrogens (primary N) is 1. The minimum absolute atomic E-state index is 0.173. The molecule has 0 saturated carbocycles. The molecule has 1 amide bonds. The molecule has 0 unspecified atom stereocenters. The van der Waals surface area contributed by atoms with Crippen molar-refractivity contribution in [3.63, 3.8) is 0 Å². The van der Waals surface area contributed by atoms with Gasteiger partial charge in [0.25, 0.3) is 5.91 Å². The van der Waals surface area contributed by atoms with Crippen LogP contribution in [0.2, 0.25) is 0 Å². The van der Waals surface area contributed by atoms with Gasteiger partial charge < -0.3 is 10.8 Å². The van der Waals surface area contributed by atoms with E-state index in [2.05, 4.69) is 0 Å². The number of hydroxylamine groups is 2. The maximum atomic E-state index is 12.4. The largest absolute Gasteiger partial charge is 0.490 e. The third-order valence-corrected chi connectivity index (χ3v) is 3.91. The number of amides is 1. The third-order valence-electron chi connectivity index (χ3n) is 3.91. The van der Waals surface area contributed by atoms with Crippen molar-refractivity contribution in [1.29, 1.82) is 0 Å². The summed E-state index contributed by atoms with van der Waals surface area (Å²) in [6.07, 6.45) is -4.57. The quantitative estimate of drug-likeness (QED) is 0.832. The van der Waals surface area contributed by atoms with Crippen LogP contribution < -0.4 is 5.73 Å². The molecular formula is C19H19F3N2O4.